The molecular formula is C23H22F3N3O3S. The van der Waals surface area contributed by atoms with Gasteiger partial charge in [-0.25, -0.2) is 0 Å². The van der Waals surface area contributed by atoms with Gasteiger partial charge in [0.05, 0.1) is 16.5 Å². The van der Waals surface area contributed by atoms with E-state index < -0.39 is 22.9 Å². The molecule has 0 aliphatic carbocycles. The first-order valence-corrected chi connectivity index (χ1v) is 11.3. The Hall–Kier alpha value is -3.01. The quantitative estimate of drug-likeness (QED) is 0.673. The van der Waals surface area contributed by atoms with Gasteiger partial charge in [-0.3, -0.25) is 14.4 Å². The van der Waals surface area contributed by atoms with Gasteiger partial charge in [0.1, 0.15) is 0 Å². The molecule has 0 bridgehead atoms. The molecule has 1 N–H and O–H groups in total. The Balaban J connectivity index is 1.34. The highest BCUT2D eigenvalue weighted by Crippen LogP contribution is 2.40. The Labute approximate surface area is 193 Å². The summed E-state index contributed by atoms with van der Waals surface area (Å²) in [5, 5.41) is 1.81. The second kappa shape index (κ2) is 9.09. The van der Waals surface area contributed by atoms with Gasteiger partial charge in [-0.05, 0) is 49.4 Å². The Morgan fingerprint density at radius 2 is 1.73 bits per heavy atom. The van der Waals surface area contributed by atoms with Gasteiger partial charge in [0, 0.05) is 48.7 Å². The average Bonchev–Trinajstić information content (AvgIpc) is 2.78. The molecule has 2 aromatic rings. The number of fused-ring (bicyclic) bond motifs is 1. The standard InChI is InChI=1S/C23H22F3N3O3S/c1-14(30)15-2-5-17(6-3-15)28-8-10-29(11-9-28)21(31)13-20-22(32)27-18-12-16(23(24,25)26)4-7-19(18)33-20/h2-7,12,20H,8-11,13H2,1H3,(H,27,32)/t20-/m0/s1. The van der Waals surface area contributed by atoms with Gasteiger partial charge in [0.25, 0.3) is 0 Å². The number of hydrogen-bond donors (Lipinski definition) is 1. The van der Waals surface area contributed by atoms with Crippen LogP contribution in [0.4, 0.5) is 24.5 Å². The van der Waals surface area contributed by atoms with E-state index in [-0.39, 0.29) is 23.8 Å². The largest absolute Gasteiger partial charge is 0.416 e. The van der Waals surface area contributed by atoms with Gasteiger partial charge in [0.2, 0.25) is 11.8 Å². The first-order chi connectivity index (χ1) is 15.6. The average molecular weight is 478 g/mol. The van der Waals surface area contributed by atoms with Crippen LogP contribution in [0.2, 0.25) is 0 Å². The van der Waals surface area contributed by atoms with Crippen LogP contribution in [0.15, 0.2) is 47.4 Å². The van der Waals surface area contributed by atoms with E-state index >= 15 is 0 Å². The van der Waals surface area contributed by atoms with Crippen molar-refractivity contribution < 1.29 is 27.6 Å². The third-order valence-electron chi connectivity index (χ3n) is 5.76. The number of amides is 2. The van der Waals surface area contributed by atoms with Crippen LogP contribution in [0.25, 0.3) is 0 Å². The normalized spacial score (nSPS) is 18.5. The molecule has 1 saturated heterocycles. The second-order valence-corrected chi connectivity index (χ2v) is 9.22. The minimum Gasteiger partial charge on any atom is -0.368 e. The highest BCUT2D eigenvalue weighted by molar-refractivity contribution is 8.01. The monoisotopic (exact) mass is 477 g/mol. The highest BCUT2D eigenvalue weighted by atomic mass is 32.2. The van der Waals surface area contributed by atoms with Gasteiger partial charge in [-0.1, -0.05) is 0 Å². The van der Waals surface area contributed by atoms with Crippen molar-refractivity contribution in [2.24, 2.45) is 0 Å². The van der Waals surface area contributed by atoms with E-state index in [9.17, 15) is 27.6 Å². The number of alkyl halides is 3. The lowest BCUT2D eigenvalue weighted by Gasteiger charge is -2.37. The summed E-state index contributed by atoms with van der Waals surface area (Å²) in [5.74, 6) is -0.626. The van der Waals surface area contributed by atoms with Gasteiger partial charge < -0.3 is 15.1 Å². The zero-order valence-corrected chi connectivity index (χ0v) is 18.6. The molecule has 0 radical (unpaired) electrons. The molecule has 33 heavy (non-hydrogen) atoms. The van der Waals surface area contributed by atoms with Crippen molar-refractivity contribution in [3.8, 4) is 0 Å². The Kier molecular flexibility index (Phi) is 6.38. The van der Waals surface area contributed by atoms with Crippen LogP contribution in [0.1, 0.15) is 29.3 Å². The van der Waals surface area contributed by atoms with Crippen LogP contribution in [0.3, 0.4) is 0 Å². The van der Waals surface area contributed by atoms with E-state index in [1.807, 2.05) is 12.1 Å². The molecule has 2 aromatic carbocycles. The van der Waals surface area contributed by atoms with Crippen molar-refractivity contribution in [3.63, 3.8) is 0 Å². The molecule has 174 valence electrons. The summed E-state index contributed by atoms with van der Waals surface area (Å²) >= 11 is 1.11. The summed E-state index contributed by atoms with van der Waals surface area (Å²) in [6.45, 7) is 3.76. The number of halogens is 3. The summed E-state index contributed by atoms with van der Waals surface area (Å²) in [6.07, 6.45) is -4.51. The van der Waals surface area contributed by atoms with Gasteiger partial charge >= 0.3 is 6.18 Å². The molecule has 2 aliphatic rings. The molecule has 0 spiro atoms. The van der Waals surface area contributed by atoms with Crippen LogP contribution in [-0.4, -0.2) is 53.9 Å². The molecule has 2 amide bonds. The SMILES string of the molecule is CC(=O)c1ccc(N2CCN(C(=O)C[C@@H]3Sc4ccc(C(F)(F)F)cc4NC3=O)CC2)cc1. The fourth-order valence-electron chi connectivity index (χ4n) is 3.87. The van der Waals surface area contributed by atoms with Crippen molar-refractivity contribution in [1.82, 2.24) is 4.90 Å². The lowest BCUT2D eigenvalue weighted by Crippen LogP contribution is -2.49. The predicted molar refractivity (Wildman–Crippen MR) is 120 cm³/mol. The number of carbonyl (C=O) groups excluding carboxylic acids is 3. The molecule has 2 aliphatic heterocycles. The van der Waals surface area contributed by atoms with Crippen LogP contribution in [0, 0.1) is 0 Å². The highest BCUT2D eigenvalue weighted by Gasteiger charge is 2.35. The second-order valence-electron chi connectivity index (χ2n) is 7.98. The van der Waals surface area contributed by atoms with Crippen LogP contribution in [-0.2, 0) is 15.8 Å². The smallest absolute Gasteiger partial charge is 0.368 e. The summed E-state index contributed by atoms with van der Waals surface area (Å²) in [6, 6.07) is 10.6. The van der Waals surface area contributed by atoms with E-state index in [2.05, 4.69) is 10.2 Å². The van der Waals surface area contributed by atoms with Crippen molar-refractivity contribution in [3.05, 3.63) is 53.6 Å². The molecule has 2 heterocycles. The molecule has 0 saturated carbocycles. The zero-order valence-electron chi connectivity index (χ0n) is 17.8. The first kappa shape index (κ1) is 23.2. The van der Waals surface area contributed by atoms with Crippen LogP contribution >= 0.6 is 11.8 Å². The molecule has 6 nitrogen and oxygen atoms in total. The van der Waals surface area contributed by atoms with E-state index in [1.165, 1.54) is 13.0 Å². The minimum atomic E-state index is -4.49. The third kappa shape index (κ3) is 5.16. The molecule has 1 atom stereocenters. The van der Waals surface area contributed by atoms with Crippen molar-refractivity contribution in [1.29, 1.82) is 0 Å². The Morgan fingerprint density at radius 3 is 2.33 bits per heavy atom. The maximum atomic E-state index is 12.9. The fraction of sp³-hybridized carbons (Fsp3) is 0.348. The molecule has 4 rings (SSSR count). The number of nitrogens with zero attached hydrogens (tertiary/aromatic N) is 2. The lowest BCUT2D eigenvalue weighted by molar-refractivity contribution is -0.137. The number of thioether (sulfide) groups is 1. The number of hydrogen-bond acceptors (Lipinski definition) is 5. The maximum Gasteiger partial charge on any atom is 0.416 e. The topological polar surface area (TPSA) is 69.7 Å². The van der Waals surface area contributed by atoms with Crippen LogP contribution in [0.5, 0.6) is 0 Å². The summed E-state index contributed by atoms with van der Waals surface area (Å²) < 4.78 is 38.7. The summed E-state index contributed by atoms with van der Waals surface area (Å²) in [4.78, 5) is 41.0. The summed E-state index contributed by atoms with van der Waals surface area (Å²) in [5.41, 5.74) is 0.912. The number of benzene rings is 2. The van der Waals surface area contributed by atoms with Crippen molar-refractivity contribution >= 4 is 40.7 Å². The number of ketones is 1. The third-order valence-corrected chi connectivity index (χ3v) is 7.03. The van der Waals surface area contributed by atoms with Gasteiger partial charge in [0.15, 0.2) is 5.78 Å². The fourth-order valence-corrected chi connectivity index (χ4v) is 4.95. The first-order valence-electron chi connectivity index (χ1n) is 10.4. The number of piperazine rings is 1. The summed E-state index contributed by atoms with van der Waals surface area (Å²) in [7, 11) is 0. The van der Waals surface area contributed by atoms with E-state index in [0.29, 0.717) is 36.6 Å². The Bertz CT molecular complexity index is 1080. The molecule has 1 fully saturated rings. The van der Waals surface area contributed by atoms with Gasteiger partial charge in [-0.2, -0.15) is 13.2 Å². The minimum absolute atomic E-state index is 0.00463. The maximum absolute atomic E-state index is 12.9. The number of nitrogens with one attached hydrogen (secondary N) is 1. The lowest BCUT2D eigenvalue weighted by atomic mass is 10.1. The van der Waals surface area contributed by atoms with E-state index in [0.717, 1.165) is 29.6 Å². The number of Topliss-reactive ketones (excluding diaryl/α,β-unsaturated/α-hetero) is 1. The number of carbonyl (C=O) groups is 3. The molecule has 0 unspecified atom stereocenters. The van der Waals surface area contributed by atoms with Crippen LogP contribution < -0.4 is 10.2 Å². The van der Waals surface area contributed by atoms with Gasteiger partial charge in [-0.15, -0.1) is 11.8 Å². The predicted octanol–water partition coefficient (Wildman–Crippen LogP) is 4.06. The number of anilines is 2. The molecule has 10 heteroatoms. The van der Waals surface area contributed by atoms with Crippen molar-refractivity contribution in [2.45, 2.75) is 29.7 Å². The molecular weight excluding hydrogens is 455 g/mol. The molecule has 0 aromatic heterocycles. The van der Waals surface area contributed by atoms with Crippen molar-refractivity contribution in [2.75, 3.05) is 36.4 Å². The van der Waals surface area contributed by atoms with E-state index in [4.69, 9.17) is 0 Å². The zero-order chi connectivity index (χ0) is 23.8. The Morgan fingerprint density at radius 1 is 1.06 bits per heavy atom. The van der Waals surface area contributed by atoms with E-state index in [1.54, 1.807) is 17.0 Å². The number of rotatable bonds is 4.